The average molecular weight is 620 g/mol. The Morgan fingerprint density at radius 3 is 2.43 bits per heavy atom. The molecular formula is C30H41N3O7S2. The van der Waals surface area contributed by atoms with Gasteiger partial charge in [-0.15, -0.1) is 11.3 Å². The van der Waals surface area contributed by atoms with Crippen LogP contribution in [0.2, 0.25) is 0 Å². The highest BCUT2D eigenvalue weighted by Crippen LogP contribution is 2.38. The van der Waals surface area contributed by atoms with Gasteiger partial charge in [0, 0.05) is 35.6 Å². The van der Waals surface area contributed by atoms with Gasteiger partial charge >= 0.3 is 5.97 Å². The second-order valence-corrected chi connectivity index (χ2v) is 13.8. The van der Waals surface area contributed by atoms with Gasteiger partial charge in [0.05, 0.1) is 6.61 Å². The number of nitrogens with zero attached hydrogens (tertiary/aromatic N) is 2. The summed E-state index contributed by atoms with van der Waals surface area (Å²) in [4.78, 5) is 27.6. The van der Waals surface area contributed by atoms with Gasteiger partial charge in [0.25, 0.3) is 10.0 Å². The van der Waals surface area contributed by atoms with E-state index in [1.807, 2.05) is 45.0 Å². The van der Waals surface area contributed by atoms with Gasteiger partial charge in [-0.2, -0.15) is 0 Å². The van der Waals surface area contributed by atoms with Crippen LogP contribution < -0.4 is 4.72 Å². The third-order valence-electron chi connectivity index (χ3n) is 7.01. The van der Waals surface area contributed by atoms with E-state index in [-0.39, 0.29) is 41.4 Å². The fourth-order valence-electron chi connectivity index (χ4n) is 4.69. The number of aryl methyl sites for hydroxylation is 2. The summed E-state index contributed by atoms with van der Waals surface area (Å²) in [6.07, 6.45) is 1.76. The Morgan fingerprint density at radius 1 is 1.14 bits per heavy atom. The van der Waals surface area contributed by atoms with Crippen molar-refractivity contribution in [2.45, 2.75) is 91.1 Å². The highest BCUT2D eigenvalue weighted by Gasteiger charge is 2.32. The fraction of sp³-hybridized carbons (Fsp3) is 0.500. The minimum absolute atomic E-state index is 0.108. The number of aromatic nitrogens is 1. The molecule has 1 unspecified atom stereocenters. The molecule has 0 saturated carbocycles. The molecule has 3 rings (SSSR count). The van der Waals surface area contributed by atoms with Crippen LogP contribution in [0.4, 0.5) is 5.82 Å². The van der Waals surface area contributed by atoms with Crippen molar-refractivity contribution in [3.63, 3.8) is 0 Å². The number of sulfonamides is 1. The van der Waals surface area contributed by atoms with Crippen LogP contribution in [-0.2, 0) is 37.5 Å². The second-order valence-electron chi connectivity index (χ2n) is 10.7. The first kappa shape index (κ1) is 33.3. The van der Waals surface area contributed by atoms with Gasteiger partial charge in [-0.25, -0.2) is 13.2 Å². The summed E-state index contributed by atoms with van der Waals surface area (Å²) in [5.41, 5.74) is 3.26. The minimum atomic E-state index is -4.01. The number of carboxylic acid groups (broad SMARTS) is 1. The van der Waals surface area contributed by atoms with Gasteiger partial charge in [0.1, 0.15) is 16.0 Å². The molecule has 0 fully saturated rings. The van der Waals surface area contributed by atoms with Crippen molar-refractivity contribution in [2.24, 2.45) is 5.92 Å². The number of unbranched alkanes of at least 4 members (excludes halogenated alkanes) is 1. The van der Waals surface area contributed by atoms with Gasteiger partial charge in [-0.05, 0) is 62.8 Å². The molecule has 230 valence electrons. The monoisotopic (exact) mass is 619 g/mol. The van der Waals surface area contributed by atoms with Crippen LogP contribution in [0, 0.1) is 26.7 Å². The fourth-order valence-corrected chi connectivity index (χ4v) is 7.40. The largest absolute Gasteiger partial charge is 0.480 e. The zero-order valence-corrected chi connectivity index (χ0v) is 26.9. The van der Waals surface area contributed by atoms with Crippen molar-refractivity contribution in [3.8, 4) is 11.1 Å². The number of benzene rings is 1. The predicted molar refractivity (Wildman–Crippen MR) is 163 cm³/mol. The molecule has 1 atom stereocenters. The normalized spacial score (nSPS) is 12.5. The number of carbonyl (C=O) groups excluding carboxylic acids is 1. The molecule has 0 saturated heterocycles. The van der Waals surface area contributed by atoms with Crippen molar-refractivity contribution in [2.75, 3.05) is 11.3 Å². The van der Waals surface area contributed by atoms with Crippen LogP contribution in [0.5, 0.6) is 0 Å². The third kappa shape index (κ3) is 7.78. The second kappa shape index (κ2) is 14.3. The molecule has 2 aromatic heterocycles. The van der Waals surface area contributed by atoms with E-state index in [1.54, 1.807) is 27.7 Å². The van der Waals surface area contributed by atoms with Gasteiger partial charge in [0.15, 0.2) is 5.82 Å². The Hall–Kier alpha value is -3.22. The quantitative estimate of drug-likeness (QED) is 0.202. The Kier molecular flexibility index (Phi) is 11.3. The molecule has 42 heavy (non-hydrogen) atoms. The molecule has 0 aliphatic rings. The molecule has 12 heteroatoms. The Balaban J connectivity index is 2.07. The number of nitrogens with one attached hydrogen (secondary N) is 1. The summed E-state index contributed by atoms with van der Waals surface area (Å²) in [5, 5.41) is 13.8. The number of aliphatic carboxylic acids is 1. The summed E-state index contributed by atoms with van der Waals surface area (Å²) in [6.45, 7) is 13.5. The maximum absolute atomic E-state index is 13.6. The van der Waals surface area contributed by atoms with Gasteiger partial charge in [-0.3, -0.25) is 9.52 Å². The van der Waals surface area contributed by atoms with E-state index in [0.717, 1.165) is 33.8 Å². The van der Waals surface area contributed by atoms with Crippen molar-refractivity contribution >= 4 is 39.1 Å². The van der Waals surface area contributed by atoms with E-state index in [0.29, 0.717) is 35.5 Å². The number of carbonyl (C=O) groups is 2. The maximum atomic E-state index is 13.6. The number of rotatable bonds is 15. The van der Waals surface area contributed by atoms with E-state index < -0.39 is 22.0 Å². The maximum Gasteiger partial charge on any atom is 0.326 e. The molecular weight excluding hydrogens is 578 g/mol. The predicted octanol–water partition coefficient (Wildman–Crippen LogP) is 6.29. The van der Waals surface area contributed by atoms with E-state index in [1.165, 1.54) is 4.90 Å². The highest BCUT2D eigenvalue weighted by molar-refractivity contribution is 7.94. The summed E-state index contributed by atoms with van der Waals surface area (Å²) in [7, 11) is -4.01. The van der Waals surface area contributed by atoms with E-state index in [2.05, 4.69) is 9.88 Å². The van der Waals surface area contributed by atoms with Gasteiger partial charge in [0.2, 0.25) is 5.91 Å². The van der Waals surface area contributed by atoms with Crippen molar-refractivity contribution in [1.29, 1.82) is 0 Å². The van der Waals surface area contributed by atoms with Crippen LogP contribution in [0.3, 0.4) is 0 Å². The zero-order valence-electron chi connectivity index (χ0n) is 25.3. The first-order valence-electron chi connectivity index (χ1n) is 14.1. The van der Waals surface area contributed by atoms with E-state index in [9.17, 15) is 23.1 Å². The Bertz CT molecular complexity index is 1510. The third-order valence-corrected chi connectivity index (χ3v) is 9.94. The summed E-state index contributed by atoms with van der Waals surface area (Å²) in [6, 6.07) is 6.34. The van der Waals surface area contributed by atoms with Crippen LogP contribution in [0.25, 0.3) is 11.1 Å². The molecule has 2 N–H and O–H groups in total. The molecule has 0 radical (unpaired) electrons. The average Bonchev–Trinajstić information content (AvgIpc) is 3.47. The Labute approximate surface area is 252 Å². The Morgan fingerprint density at radius 2 is 1.86 bits per heavy atom. The first-order valence-corrected chi connectivity index (χ1v) is 16.4. The smallest absolute Gasteiger partial charge is 0.326 e. The number of thiophene rings is 1. The van der Waals surface area contributed by atoms with Crippen LogP contribution in [0.1, 0.15) is 74.3 Å². The highest BCUT2D eigenvalue weighted by atomic mass is 32.2. The molecule has 1 aromatic carbocycles. The minimum Gasteiger partial charge on any atom is -0.480 e. The molecule has 0 bridgehead atoms. The number of amides is 1. The van der Waals surface area contributed by atoms with Crippen LogP contribution >= 0.6 is 11.3 Å². The van der Waals surface area contributed by atoms with Gasteiger partial charge < -0.3 is 19.3 Å². The SMILES string of the molecule is CCCCC(=O)N(Cc1ccc(-c2cc(C)sc2S(=O)(=O)Nc2noc(C)c2C)c(COCC)c1)C(C(=O)O)C(C)C. The standard InChI is InChI=1S/C30H41N3O7S2/c1-8-10-11-26(34)33(27(18(3)4)29(35)36)16-22-12-13-24(23(15-22)17-39-9-2)25-14-19(5)41-30(25)42(37,38)32-28-20(6)21(7)40-31-28/h12-15,18,27H,8-11,16-17H2,1-7H3,(H,31,32)(H,35,36). The molecule has 0 spiro atoms. The lowest BCUT2D eigenvalue weighted by atomic mass is 9.97. The lowest BCUT2D eigenvalue weighted by molar-refractivity contribution is -0.153. The molecule has 1 amide bonds. The number of anilines is 1. The van der Waals surface area contributed by atoms with Crippen molar-refractivity contribution in [3.05, 3.63) is 51.6 Å². The van der Waals surface area contributed by atoms with Gasteiger partial charge in [-0.1, -0.05) is 50.5 Å². The zero-order chi connectivity index (χ0) is 31.2. The number of hydrogen-bond acceptors (Lipinski definition) is 8. The molecule has 2 heterocycles. The number of ether oxygens (including phenoxy) is 1. The first-order chi connectivity index (χ1) is 19.8. The lowest BCUT2D eigenvalue weighted by Gasteiger charge is -2.32. The van der Waals surface area contributed by atoms with E-state index in [4.69, 9.17) is 9.26 Å². The lowest BCUT2D eigenvalue weighted by Crippen LogP contribution is -2.47. The van der Waals surface area contributed by atoms with Crippen LogP contribution in [0.15, 0.2) is 33.0 Å². The molecule has 0 aliphatic carbocycles. The topological polar surface area (TPSA) is 139 Å². The molecule has 0 aliphatic heterocycles. The molecule has 3 aromatic rings. The van der Waals surface area contributed by atoms with Crippen molar-refractivity contribution < 1.29 is 32.4 Å². The molecule has 10 nitrogen and oxygen atoms in total. The van der Waals surface area contributed by atoms with E-state index >= 15 is 0 Å². The van der Waals surface area contributed by atoms with Crippen molar-refractivity contribution in [1.82, 2.24) is 10.1 Å². The summed E-state index contributed by atoms with van der Waals surface area (Å²) in [5.74, 6) is -0.883. The van der Waals surface area contributed by atoms with Crippen LogP contribution in [-0.4, -0.2) is 48.1 Å². The number of hydrogen-bond donors (Lipinski definition) is 2. The summed E-state index contributed by atoms with van der Waals surface area (Å²) >= 11 is 1.15. The summed E-state index contributed by atoms with van der Waals surface area (Å²) < 4.78 is 40.7. The number of carboxylic acids is 1.